The van der Waals surface area contributed by atoms with Crippen LogP contribution in [-0.2, 0) is 7.05 Å². The Bertz CT molecular complexity index is 1560. The van der Waals surface area contributed by atoms with Gasteiger partial charge in [-0.2, -0.15) is 5.10 Å². The van der Waals surface area contributed by atoms with Crippen molar-refractivity contribution in [3.8, 4) is 5.69 Å². The Hall–Kier alpha value is -3.92. The number of anilines is 1. The standard InChI is InChI=1S/C21H19ClN8O2/c1-11(27-20-17-14(12(2)31)7-23-19(17)24-10-25-20)16-9-29-5-4-15(22)18(29)21(32)30(16)13-6-26-28(3)8-13/h4-11H,1-3H3,(H2,23,24,25,27). The van der Waals surface area contributed by atoms with E-state index in [9.17, 15) is 9.59 Å². The van der Waals surface area contributed by atoms with Crippen molar-refractivity contribution in [3.05, 3.63) is 70.0 Å². The van der Waals surface area contributed by atoms with Gasteiger partial charge in [0.25, 0.3) is 5.56 Å². The molecule has 0 aliphatic carbocycles. The van der Waals surface area contributed by atoms with E-state index in [1.54, 1.807) is 51.6 Å². The van der Waals surface area contributed by atoms with Crippen LogP contribution in [0, 0.1) is 0 Å². The van der Waals surface area contributed by atoms with Crippen LogP contribution >= 0.6 is 11.6 Å². The van der Waals surface area contributed by atoms with E-state index in [0.29, 0.717) is 44.3 Å². The summed E-state index contributed by atoms with van der Waals surface area (Å²) in [5.41, 5.74) is 2.43. The number of halogens is 1. The molecule has 0 amide bonds. The van der Waals surface area contributed by atoms with Gasteiger partial charge in [0, 0.05) is 37.4 Å². The summed E-state index contributed by atoms with van der Waals surface area (Å²) in [6.45, 7) is 3.40. The van der Waals surface area contributed by atoms with Crippen molar-refractivity contribution in [1.82, 2.24) is 33.7 Å². The number of aryl methyl sites for hydroxylation is 1. The zero-order chi connectivity index (χ0) is 22.6. The Morgan fingerprint density at radius 2 is 2.09 bits per heavy atom. The van der Waals surface area contributed by atoms with Gasteiger partial charge in [0.15, 0.2) is 5.78 Å². The summed E-state index contributed by atoms with van der Waals surface area (Å²) >= 11 is 6.28. The van der Waals surface area contributed by atoms with E-state index in [2.05, 4.69) is 25.4 Å². The second kappa shape index (κ2) is 7.34. The summed E-state index contributed by atoms with van der Waals surface area (Å²) in [6, 6.07) is 1.31. The van der Waals surface area contributed by atoms with Crippen molar-refractivity contribution < 1.29 is 4.79 Å². The molecule has 0 fully saturated rings. The van der Waals surface area contributed by atoms with Gasteiger partial charge in [-0.15, -0.1) is 0 Å². The van der Waals surface area contributed by atoms with Crippen LogP contribution in [0.4, 0.5) is 5.82 Å². The molecule has 5 aromatic heterocycles. The zero-order valence-electron chi connectivity index (χ0n) is 17.5. The Kier molecular flexibility index (Phi) is 4.59. The van der Waals surface area contributed by atoms with Gasteiger partial charge in [-0.3, -0.25) is 18.8 Å². The van der Waals surface area contributed by atoms with Gasteiger partial charge < -0.3 is 14.7 Å². The fraction of sp³-hybridized carbons (Fsp3) is 0.190. The zero-order valence-corrected chi connectivity index (χ0v) is 18.3. The molecule has 10 nitrogen and oxygen atoms in total. The molecule has 0 aliphatic heterocycles. The van der Waals surface area contributed by atoms with Crippen LogP contribution in [0.2, 0.25) is 5.02 Å². The van der Waals surface area contributed by atoms with E-state index in [1.165, 1.54) is 13.3 Å². The monoisotopic (exact) mass is 450 g/mol. The first-order valence-electron chi connectivity index (χ1n) is 9.86. The minimum Gasteiger partial charge on any atom is -0.361 e. The van der Waals surface area contributed by atoms with Gasteiger partial charge in [-0.05, 0) is 19.9 Å². The maximum Gasteiger partial charge on any atom is 0.281 e. The molecule has 0 aliphatic rings. The number of Topliss-reactive ketones (excluding diaryl/α,β-unsaturated/α-hetero) is 1. The molecular weight excluding hydrogens is 432 g/mol. The molecule has 5 heterocycles. The molecule has 1 atom stereocenters. The van der Waals surface area contributed by atoms with Crippen molar-refractivity contribution in [2.45, 2.75) is 19.9 Å². The fourth-order valence-electron chi connectivity index (χ4n) is 3.89. The van der Waals surface area contributed by atoms with Crippen molar-refractivity contribution in [2.24, 2.45) is 7.05 Å². The molecule has 162 valence electrons. The summed E-state index contributed by atoms with van der Waals surface area (Å²) < 4.78 is 4.91. The van der Waals surface area contributed by atoms with Crippen molar-refractivity contribution >= 4 is 39.8 Å². The van der Waals surface area contributed by atoms with Gasteiger partial charge in [0.05, 0.1) is 34.0 Å². The number of nitrogens with one attached hydrogen (secondary N) is 2. The number of aromatic amines is 1. The minimum absolute atomic E-state index is 0.0996. The van der Waals surface area contributed by atoms with E-state index in [4.69, 9.17) is 11.6 Å². The highest BCUT2D eigenvalue weighted by Crippen LogP contribution is 2.28. The maximum atomic E-state index is 13.4. The molecule has 0 aromatic carbocycles. The predicted molar refractivity (Wildman–Crippen MR) is 121 cm³/mol. The van der Waals surface area contributed by atoms with Crippen LogP contribution in [0.3, 0.4) is 0 Å². The van der Waals surface area contributed by atoms with Gasteiger partial charge in [0.1, 0.15) is 23.3 Å². The normalized spacial score (nSPS) is 12.5. The Balaban J connectivity index is 1.69. The lowest BCUT2D eigenvalue weighted by atomic mass is 10.1. The Labute approximate surface area is 186 Å². The lowest BCUT2D eigenvalue weighted by Crippen LogP contribution is -2.27. The minimum atomic E-state index is -0.374. The van der Waals surface area contributed by atoms with Crippen molar-refractivity contribution in [2.75, 3.05) is 5.32 Å². The molecule has 32 heavy (non-hydrogen) atoms. The molecule has 1 unspecified atom stereocenters. The summed E-state index contributed by atoms with van der Waals surface area (Å²) in [4.78, 5) is 37.1. The number of carbonyl (C=O) groups is 1. The number of ketones is 1. The second-order valence-corrected chi connectivity index (χ2v) is 7.96. The van der Waals surface area contributed by atoms with Crippen LogP contribution < -0.4 is 10.9 Å². The first-order chi connectivity index (χ1) is 15.3. The highest BCUT2D eigenvalue weighted by molar-refractivity contribution is 6.33. The number of rotatable bonds is 5. The molecule has 5 aromatic rings. The third-order valence-electron chi connectivity index (χ3n) is 5.40. The lowest BCUT2D eigenvalue weighted by Gasteiger charge is -2.20. The average molecular weight is 451 g/mol. The Morgan fingerprint density at radius 1 is 1.28 bits per heavy atom. The topological polar surface area (TPSA) is 115 Å². The number of hydrogen-bond acceptors (Lipinski definition) is 6. The molecule has 5 rings (SSSR count). The second-order valence-electron chi connectivity index (χ2n) is 7.56. The predicted octanol–water partition coefficient (Wildman–Crippen LogP) is 3.12. The van der Waals surface area contributed by atoms with Crippen molar-refractivity contribution in [1.29, 1.82) is 0 Å². The maximum absolute atomic E-state index is 13.4. The largest absolute Gasteiger partial charge is 0.361 e. The summed E-state index contributed by atoms with van der Waals surface area (Å²) in [7, 11) is 1.78. The molecule has 11 heteroatoms. The lowest BCUT2D eigenvalue weighted by molar-refractivity contribution is 0.101. The summed E-state index contributed by atoms with van der Waals surface area (Å²) in [5.74, 6) is 0.391. The molecule has 0 saturated heterocycles. The van der Waals surface area contributed by atoms with Gasteiger partial charge in [0.2, 0.25) is 0 Å². The van der Waals surface area contributed by atoms with Crippen LogP contribution in [-0.4, -0.2) is 39.5 Å². The van der Waals surface area contributed by atoms with E-state index in [0.717, 1.165) is 0 Å². The highest BCUT2D eigenvalue weighted by Gasteiger charge is 2.21. The average Bonchev–Trinajstić information content (AvgIpc) is 3.47. The van der Waals surface area contributed by atoms with Gasteiger partial charge >= 0.3 is 0 Å². The van der Waals surface area contributed by atoms with Gasteiger partial charge in [-0.1, -0.05) is 11.6 Å². The van der Waals surface area contributed by atoms with Crippen LogP contribution in [0.25, 0.3) is 22.2 Å². The molecule has 0 saturated carbocycles. The summed E-state index contributed by atoms with van der Waals surface area (Å²) in [6.07, 6.45) is 10.0. The molecule has 0 radical (unpaired) electrons. The highest BCUT2D eigenvalue weighted by atomic mass is 35.5. The molecule has 2 N–H and O–H groups in total. The molecule has 0 bridgehead atoms. The van der Waals surface area contributed by atoms with E-state index < -0.39 is 0 Å². The van der Waals surface area contributed by atoms with Crippen LogP contribution in [0.1, 0.15) is 35.9 Å². The van der Waals surface area contributed by atoms with E-state index in [-0.39, 0.29) is 17.4 Å². The van der Waals surface area contributed by atoms with Gasteiger partial charge in [-0.25, -0.2) is 9.97 Å². The van der Waals surface area contributed by atoms with E-state index >= 15 is 0 Å². The fourth-order valence-corrected chi connectivity index (χ4v) is 4.13. The number of H-pyrrole nitrogens is 1. The van der Waals surface area contributed by atoms with E-state index in [1.807, 2.05) is 13.1 Å². The SMILES string of the molecule is CC(=O)c1c[nH]c2ncnc(NC(C)c3cn4ccc(Cl)c4c(=O)n3-c3cnn(C)c3)c12. The quantitative estimate of drug-likeness (QED) is 0.397. The smallest absolute Gasteiger partial charge is 0.281 e. The third-order valence-corrected chi connectivity index (χ3v) is 5.70. The number of nitrogens with zero attached hydrogens (tertiary/aromatic N) is 6. The number of aromatic nitrogens is 7. The first-order valence-corrected chi connectivity index (χ1v) is 10.2. The van der Waals surface area contributed by atoms with Crippen molar-refractivity contribution in [3.63, 3.8) is 0 Å². The van der Waals surface area contributed by atoms with Crippen LogP contribution in [0.5, 0.6) is 0 Å². The summed E-state index contributed by atoms with van der Waals surface area (Å²) in [5, 5.41) is 8.52. The Morgan fingerprint density at radius 3 is 2.81 bits per heavy atom. The third kappa shape index (κ3) is 3.07. The first kappa shape index (κ1) is 20.0. The number of carbonyl (C=O) groups excluding carboxylic acids is 1. The number of hydrogen-bond donors (Lipinski definition) is 2. The molecule has 0 spiro atoms. The number of fused-ring (bicyclic) bond motifs is 2. The van der Waals surface area contributed by atoms with Crippen LogP contribution in [0.15, 0.2) is 48.2 Å². The molecular formula is C21H19ClN8O2.